The second-order valence-electron chi connectivity index (χ2n) is 3.48. The summed E-state index contributed by atoms with van der Waals surface area (Å²) in [5.41, 5.74) is 0. The highest BCUT2D eigenvalue weighted by atomic mass is 16.5. The summed E-state index contributed by atoms with van der Waals surface area (Å²) in [5.74, 6) is 0.770. The Labute approximate surface area is 70.1 Å². The lowest BCUT2D eigenvalue weighted by Gasteiger charge is -2.34. The van der Waals surface area contributed by atoms with Gasteiger partial charge in [-0.25, -0.2) is 0 Å². The molecule has 1 aliphatic rings. The van der Waals surface area contributed by atoms with Crippen molar-refractivity contribution in [3.05, 3.63) is 6.92 Å². The molecule has 65 valence electrons. The Morgan fingerprint density at radius 1 is 1.36 bits per heavy atom. The summed E-state index contributed by atoms with van der Waals surface area (Å²) in [6.07, 6.45) is 7.10. The van der Waals surface area contributed by atoms with Crippen LogP contribution in [0.4, 0.5) is 0 Å². The number of hydrogen-bond donors (Lipinski definition) is 0. The molecule has 1 nitrogen and oxygen atoms in total. The van der Waals surface area contributed by atoms with Gasteiger partial charge in [0, 0.05) is 5.92 Å². The number of rotatable bonds is 5. The Morgan fingerprint density at radius 3 is 2.64 bits per heavy atom. The molecule has 0 aromatic carbocycles. The predicted molar refractivity (Wildman–Crippen MR) is 47.3 cm³/mol. The third kappa shape index (κ3) is 2.82. The molecule has 1 fully saturated rings. The highest BCUT2D eigenvalue weighted by Crippen LogP contribution is 2.24. The maximum absolute atomic E-state index is 5.19. The average molecular weight is 155 g/mol. The van der Waals surface area contributed by atoms with E-state index in [4.69, 9.17) is 4.74 Å². The van der Waals surface area contributed by atoms with Crippen LogP contribution in [0.2, 0.25) is 0 Å². The van der Waals surface area contributed by atoms with Gasteiger partial charge in [-0.3, -0.25) is 0 Å². The fourth-order valence-electron chi connectivity index (χ4n) is 1.47. The lowest BCUT2D eigenvalue weighted by atomic mass is 9.93. The maximum atomic E-state index is 5.19. The topological polar surface area (TPSA) is 9.23 Å². The third-order valence-electron chi connectivity index (χ3n) is 2.48. The zero-order valence-electron chi connectivity index (χ0n) is 7.51. The van der Waals surface area contributed by atoms with Gasteiger partial charge in [0.15, 0.2) is 0 Å². The molecule has 1 aliphatic heterocycles. The largest absolute Gasteiger partial charge is 0.377 e. The molecule has 2 atom stereocenters. The van der Waals surface area contributed by atoms with E-state index < -0.39 is 0 Å². The maximum Gasteiger partial charge on any atom is 0.0626 e. The van der Waals surface area contributed by atoms with Gasteiger partial charge in [-0.05, 0) is 13.3 Å². The summed E-state index contributed by atoms with van der Waals surface area (Å²) in [4.78, 5) is 0. The van der Waals surface area contributed by atoms with E-state index in [2.05, 4.69) is 13.8 Å². The van der Waals surface area contributed by atoms with Gasteiger partial charge in [0.2, 0.25) is 0 Å². The van der Waals surface area contributed by atoms with Crippen LogP contribution in [0, 0.1) is 12.8 Å². The molecule has 1 saturated heterocycles. The first-order valence-corrected chi connectivity index (χ1v) is 4.79. The van der Waals surface area contributed by atoms with Crippen molar-refractivity contribution in [2.45, 2.75) is 45.1 Å². The second-order valence-corrected chi connectivity index (χ2v) is 3.48. The molecule has 1 heteroatoms. The van der Waals surface area contributed by atoms with E-state index in [1.807, 2.05) is 0 Å². The summed E-state index contributed by atoms with van der Waals surface area (Å²) in [5, 5.41) is 0. The molecule has 0 aromatic heterocycles. The molecule has 11 heavy (non-hydrogen) atoms. The molecule has 0 bridgehead atoms. The van der Waals surface area contributed by atoms with Gasteiger partial charge in [-0.1, -0.05) is 32.6 Å². The van der Waals surface area contributed by atoms with Crippen LogP contribution in [-0.4, -0.2) is 12.7 Å². The standard InChI is InChI=1S/C10H19O/c1-3-4-5-6-7-10-8-11-9(10)2/h9-10H,2-8H2,1H3. The quantitative estimate of drug-likeness (QED) is 0.555. The van der Waals surface area contributed by atoms with Crippen LogP contribution >= 0.6 is 0 Å². The highest BCUT2D eigenvalue weighted by Gasteiger charge is 2.26. The first-order valence-electron chi connectivity index (χ1n) is 4.79. The Balaban J connectivity index is 1.87. The van der Waals surface area contributed by atoms with Crippen molar-refractivity contribution in [1.82, 2.24) is 0 Å². The fourth-order valence-corrected chi connectivity index (χ4v) is 1.47. The first kappa shape index (κ1) is 9.05. The zero-order chi connectivity index (χ0) is 8.10. The molecule has 1 rings (SSSR count). The number of unbranched alkanes of at least 4 members (excludes halogenated alkanes) is 3. The van der Waals surface area contributed by atoms with Crippen molar-refractivity contribution in [2.75, 3.05) is 6.61 Å². The van der Waals surface area contributed by atoms with Gasteiger partial charge in [0.25, 0.3) is 0 Å². The predicted octanol–water partition coefficient (Wildman–Crippen LogP) is 2.81. The van der Waals surface area contributed by atoms with Gasteiger partial charge in [-0.2, -0.15) is 0 Å². The molecule has 0 spiro atoms. The summed E-state index contributed by atoms with van der Waals surface area (Å²) in [6.45, 7) is 7.11. The Hall–Kier alpha value is -0.0400. The minimum atomic E-state index is 0.302. The van der Waals surface area contributed by atoms with Gasteiger partial charge < -0.3 is 4.74 Å². The first-order chi connectivity index (χ1) is 5.34. The van der Waals surface area contributed by atoms with Crippen LogP contribution in [0.15, 0.2) is 0 Å². The Kier molecular flexibility index (Phi) is 3.92. The van der Waals surface area contributed by atoms with E-state index in [0.717, 1.165) is 12.5 Å². The minimum Gasteiger partial charge on any atom is -0.377 e. The van der Waals surface area contributed by atoms with Crippen LogP contribution in [-0.2, 0) is 4.74 Å². The molecule has 0 aliphatic carbocycles. The molecule has 2 unspecified atom stereocenters. The molecular weight excluding hydrogens is 136 g/mol. The van der Waals surface area contributed by atoms with E-state index in [1.54, 1.807) is 0 Å². The van der Waals surface area contributed by atoms with Crippen molar-refractivity contribution >= 4 is 0 Å². The average Bonchev–Trinajstić information content (AvgIpc) is 2.02. The van der Waals surface area contributed by atoms with Crippen LogP contribution in [0.1, 0.15) is 39.0 Å². The molecule has 1 radical (unpaired) electrons. The monoisotopic (exact) mass is 155 g/mol. The highest BCUT2D eigenvalue weighted by molar-refractivity contribution is 4.80. The second kappa shape index (κ2) is 4.76. The van der Waals surface area contributed by atoms with Gasteiger partial charge in [0.05, 0.1) is 12.7 Å². The van der Waals surface area contributed by atoms with Crippen molar-refractivity contribution in [3.8, 4) is 0 Å². The van der Waals surface area contributed by atoms with E-state index in [-0.39, 0.29) is 0 Å². The van der Waals surface area contributed by atoms with Gasteiger partial charge in [-0.15, -0.1) is 0 Å². The molecule has 0 N–H and O–H groups in total. The lowest BCUT2D eigenvalue weighted by molar-refractivity contribution is -0.0904. The molecule has 0 aromatic rings. The third-order valence-corrected chi connectivity index (χ3v) is 2.48. The van der Waals surface area contributed by atoms with Crippen LogP contribution < -0.4 is 0 Å². The molecule has 0 amide bonds. The van der Waals surface area contributed by atoms with Crippen LogP contribution in [0.3, 0.4) is 0 Å². The summed E-state index contributed by atoms with van der Waals surface area (Å²) in [6, 6.07) is 0. The van der Waals surface area contributed by atoms with E-state index in [1.165, 1.54) is 32.1 Å². The molecular formula is C10H19O. The summed E-state index contributed by atoms with van der Waals surface area (Å²) >= 11 is 0. The number of ether oxygens (including phenoxy) is 1. The Bertz CT molecular complexity index is 101. The SMILES string of the molecule is [CH2]C1OCC1CCCCCC. The summed E-state index contributed by atoms with van der Waals surface area (Å²) < 4.78 is 5.19. The van der Waals surface area contributed by atoms with Gasteiger partial charge >= 0.3 is 0 Å². The molecule has 0 saturated carbocycles. The smallest absolute Gasteiger partial charge is 0.0626 e. The Morgan fingerprint density at radius 2 is 2.18 bits per heavy atom. The fraction of sp³-hybridized carbons (Fsp3) is 0.900. The minimum absolute atomic E-state index is 0.302. The van der Waals surface area contributed by atoms with Crippen molar-refractivity contribution in [1.29, 1.82) is 0 Å². The van der Waals surface area contributed by atoms with Gasteiger partial charge in [0.1, 0.15) is 0 Å². The van der Waals surface area contributed by atoms with E-state index in [0.29, 0.717) is 6.10 Å². The van der Waals surface area contributed by atoms with Crippen molar-refractivity contribution in [3.63, 3.8) is 0 Å². The summed E-state index contributed by atoms with van der Waals surface area (Å²) in [7, 11) is 0. The van der Waals surface area contributed by atoms with E-state index in [9.17, 15) is 0 Å². The van der Waals surface area contributed by atoms with Crippen molar-refractivity contribution in [2.24, 2.45) is 5.92 Å². The van der Waals surface area contributed by atoms with Crippen LogP contribution in [0.5, 0.6) is 0 Å². The van der Waals surface area contributed by atoms with Crippen LogP contribution in [0.25, 0.3) is 0 Å². The number of hydrogen-bond acceptors (Lipinski definition) is 1. The van der Waals surface area contributed by atoms with E-state index >= 15 is 0 Å². The normalized spacial score (nSPS) is 30.0. The molecule has 1 heterocycles. The lowest BCUT2D eigenvalue weighted by Crippen LogP contribution is -2.37. The zero-order valence-corrected chi connectivity index (χ0v) is 7.51. The van der Waals surface area contributed by atoms with Crippen molar-refractivity contribution < 1.29 is 4.74 Å².